The van der Waals surface area contributed by atoms with Gasteiger partial charge in [-0.2, -0.15) is 0 Å². The van der Waals surface area contributed by atoms with Crippen LogP contribution >= 0.6 is 58.8 Å². The second kappa shape index (κ2) is 49.3. The van der Waals surface area contributed by atoms with Crippen LogP contribution in [0.5, 0.6) is 0 Å². The molecule has 48 heteroatoms. The summed E-state index contributed by atoms with van der Waals surface area (Å²) in [6, 6.07) is -0.777. The second-order valence-electron chi connectivity index (χ2n) is 43.4. The summed E-state index contributed by atoms with van der Waals surface area (Å²) < 4.78 is 73.6. The number of Topliss-reactive ketones (excluding diaryl/α,β-unsaturated/α-hetero) is 2. The standard InChI is InChI=1S/C96H145N12O28P3S3.2Na/c1-48-50(3)71-69(48)77-79(71)83-75-55(52(5)73(75)81(77)83)26-38-140-60-41-66(114)105(92(60)120)31-15-9-11-22-63(111)98-28-14-13-20-57(104-65(113)23-12-10-16-32-106-67(115)42-61(93(106)121)141-39-27-56-53(6)74-76(56)84-80-72-51(4)49(2)70(72)78(80)82(74)84)58(110)21-18-34-130-36-37-131-35-25-54(109)19-17-33-107-68(116)43-62(94(107)122)142-40-30-99-64(112)24-29-100-91(119)88(118)96(7,8)45-133-139(128,129)136-138(126,127)132-44-59-87(135-137(123,124)125)86(117)95(134-59)108-47-103-85-89(97)101-46-102-90(85)108;;/h46-53,55-57,59-62,69-84,86-88,95,117-118H,9-45H2,1-8H3,(H,98,111)(H,99,112)(H,100,119)(H,104,113)(H,126,127)(H,128,129)(H2,97,101,102)(H2,123,124,125);;/q;2*+1/p-2/t48?,49?,50?,51?,52?,53?,55?,56?,57?,59-,60?,61?,62?,69?,70?,71?,72?,73?,74?,75?,76?,77?,78?,79?,80?,81?,82?,83?,84?,86+,87?,88+,95-;;/m1../s1. The number of carbonyl (C=O) groups excluding carboxylic acids is 12. The topological polar surface area (TPSA) is 575 Å². The van der Waals surface area contributed by atoms with Crippen LogP contribution in [0.15, 0.2) is 12.7 Å². The van der Waals surface area contributed by atoms with Crippen molar-refractivity contribution in [1.82, 2.24) is 55.5 Å². The fourth-order valence-electron chi connectivity index (χ4n) is 28.2. The Balaban J connectivity index is 0.00000822. The number of nitrogen functional groups attached to an aromatic ring is 1. The van der Waals surface area contributed by atoms with E-state index >= 15 is 0 Å². The van der Waals surface area contributed by atoms with Gasteiger partial charge in [-0.15, -0.1) is 35.3 Å². The van der Waals surface area contributed by atoms with Gasteiger partial charge in [0.2, 0.25) is 59.1 Å². The largest absolute Gasteiger partial charge is 1.00 e. The molecule has 2 aromatic rings. The Morgan fingerprint density at radius 1 is 0.535 bits per heavy atom. The normalized spacial score (nSPS) is 34.8. The van der Waals surface area contributed by atoms with Crippen LogP contribution in [-0.4, -0.2) is 267 Å². The summed E-state index contributed by atoms with van der Waals surface area (Å²) in [6.07, 6.45) is 1.44. The SMILES string of the molecule is CC1C(C)C2C1C1C2C2C3C(CCSC4CC(=O)N(CCCCCC(=O)NCCCCC(NC(=O)CCCCCN5C(=O)CC(SCCC6C(C)C7C6C6C8C9C(C)C(C)C9C8C76)C5=O)C(=O)CCCOCCOCCC(=O)CCCN5C(=O)CC(SCCNC(=O)CCNC(=O)[C@H](O)C(C)(C)COP(=O)([O-])OP(=O)([O-])OC[C@H]6O[C@@H](n7cnc8c(N)ncnc87)[C@@H](O)C6OP(=O)(O)O)C5=O)C4=O)C(C)C3C12.[Na+].[Na+]. The van der Waals surface area contributed by atoms with Crippen LogP contribution in [0.4, 0.5) is 5.82 Å². The number of aromatic nitrogens is 4. The number of thioether (sulfide) groups is 3. The molecule has 10 aliphatic carbocycles. The number of anilines is 1. The molecule has 0 spiro atoms. The second-order valence-corrected chi connectivity index (χ2v) is 51.5. The zero-order valence-electron chi connectivity index (χ0n) is 84.2. The number of ether oxygens (including phenoxy) is 3. The minimum atomic E-state index is -5.97. The molecule has 0 bridgehead atoms. The van der Waals surface area contributed by atoms with Crippen molar-refractivity contribution in [2.45, 2.75) is 249 Å². The van der Waals surface area contributed by atoms with Crippen molar-refractivity contribution >= 4 is 146 Å². The van der Waals surface area contributed by atoms with Gasteiger partial charge in [-0.25, -0.2) is 23.8 Å². The smallest absolute Gasteiger partial charge is 0.756 e. The Morgan fingerprint density at radius 3 is 1.55 bits per heavy atom. The predicted octanol–water partition coefficient (Wildman–Crippen LogP) is 0.569. The molecule has 4 aliphatic heterocycles. The van der Waals surface area contributed by atoms with E-state index in [-0.39, 0.29) is 243 Å². The number of nitrogens with two attached hydrogens (primary N) is 1. The van der Waals surface area contributed by atoms with Crippen molar-refractivity contribution in [3.8, 4) is 0 Å². The first-order valence-corrected chi connectivity index (χ1v) is 59.2. The average molecular weight is 2150 g/mol. The van der Waals surface area contributed by atoms with Gasteiger partial charge in [0, 0.05) is 115 Å². The van der Waals surface area contributed by atoms with Crippen LogP contribution in [0, 0.1) is 147 Å². The van der Waals surface area contributed by atoms with Crippen LogP contribution in [-0.2, 0) is 103 Å². The summed E-state index contributed by atoms with van der Waals surface area (Å²) in [4.78, 5) is 219. The number of imide groups is 3. The van der Waals surface area contributed by atoms with Crippen LogP contribution in [0.3, 0.4) is 0 Å². The number of unbranched alkanes of at least 4 members (excludes halogenated alkanes) is 5. The molecule has 14 aliphatic rings. The number of fused-ring (bicyclic) bond motifs is 21. The number of phosphoric acid groups is 3. The van der Waals surface area contributed by atoms with Crippen LogP contribution in [0.2, 0.25) is 0 Å². The van der Waals surface area contributed by atoms with Crippen LogP contribution < -0.4 is 95.9 Å². The Labute approximate surface area is 897 Å². The number of hydrogen-bond donors (Lipinski definition) is 9. The van der Waals surface area contributed by atoms with Gasteiger partial charge in [0.05, 0.1) is 61.2 Å². The first-order chi connectivity index (χ1) is 67.6. The van der Waals surface area contributed by atoms with E-state index in [9.17, 15) is 101 Å². The van der Waals surface area contributed by atoms with Gasteiger partial charge >= 0.3 is 66.9 Å². The molecule has 31 unspecified atom stereocenters. The van der Waals surface area contributed by atoms with E-state index in [1.54, 1.807) is 23.5 Å². The molecule has 40 nitrogen and oxygen atoms in total. The molecule has 10 N–H and O–H groups in total. The van der Waals surface area contributed by atoms with Gasteiger partial charge in [-0.05, 0) is 224 Å². The Bertz CT molecular complexity index is 5140. The van der Waals surface area contributed by atoms with Gasteiger partial charge in [-0.3, -0.25) is 90.5 Å². The minimum absolute atomic E-state index is 0. The molecule has 10 saturated carbocycles. The van der Waals surface area contributed by atoms with Crippen molar-refractivity contribution < 1.29 is 192 Å². The van der Waals surface area contributed by atoms with Crippen molar-refractivity contribution in [2.75, 3.05) is 102 Å². The number of carbonyl (C=O) groups is 12. The van der Waals surface area contributed by atoms with Gasteiger partial charge in [0.1, 0.15) is 42.0 Å². The molecule has 0 radical (unpaired) electrons. The fraction of sp³-hybridized carbons (Fsp3) is 0.823. The van der Waals surface area contributed by atoms with E-state index in [4.69, 9.17) is 19.9 Å². The molecule has 0 aromatic carbocycles. The third kappa shape index (κ3) is 24.8. The molecule has 790 valence electrons. The van der Waals surface area contributed by atoms with Gasteiger partial charge in [0.25, 0.3) is 15.6 Å². The molecule has 2 aromatic heterocycles. The molecule has 35 atom stereocenters. The Morgan fingerprint density at radius 2 is 1.01 bits per heavy atom. The van der Waals surface area contributed by atoms with Crippen LogP contribution in [0.1, 0.15) is 203 Å². The number of likely N-dealkylation sites (tertiary alicyclic amines) is 3. The zero-order valence-corrected chi connectivity index (χ0v) is 93.4. The monoisotopic (exact) mass is 2150 g/mol. The molecule has 10 amide bonds. The van der Waals surface area contributed by atoms with E-state index in [0.717, 1.165) is 200 Å². The van der Waals surface area contributed by atoms with Crippen LogP contribution in [0.25, 0.3) is 11.2 Å². The Kier molecular flexibility index (Phi) is 39.6. The molecule has 4 saturated heterocycles. The molecular formula is C96H143N12Na2O28P3S3. The summed E-state index contributed by atoms with van der Waals surface area (Å²) in [5.74, 6) is 20.3. The van der Waals surface area contributed by atoms with E-state index in [0.29, 0.717) is 90.3 Å². The predicted molar refractivity (Wildman–Crippen MR) is 515 cm³/mol. The van der Waals surface area contributed by atoms with Crippen molar-refractivity contribution in [3.05, 3.63) is 12.7 Å². The quantitative estimate of drug-likeness (QED) is 0.0144. The first kappa shape index (κ1) is 116. The first-order valence-electron chi connectivity index (χ1n) is 51.6. The van der Waals surface area contributed by atoms with Crippen molar-refractivity contribution in [1.29, 1.82) is 0 Å². The van der Waals surface area contributed by atoms with Crippen molar-refractivity contribution in [3.63, 3.8) is 0 Å². The number of amides is 10. The van der Waals surface area contributed by atoms with Crippen molar-refractivity contribution in [2.24, 2.45) is 147 Å². The maximum Gasteiger partial charge on any atom is 1.00 e. The number of aliphatic hydroxyl groups is 2. The van der Waals surface area contributed by atoms with E-state index in [2.05, 4.69) is 95.6 Å². The number of phosphoric ester groups is 3. The van der Waals surface area contributed by atoms with E-state index < -0.39 is 108 Å². The minimum Gasteiger partial charge on any atom is -0.756 e. The molecular weight excluding hydrogens is 2000 g/mol. The summed E-state index contributed by atoms with van der Waals surface area (Å²) in [7, 11) is -17.3. The van der Waals surface area contributed by atoms with Gasteiger partial charge < -0.3 is 80.0 Å². The van der Waals surface area contributed by atoms with Gasteiger partial charge in [0.15, 0.2) is 23.5 Å². The number of nitrogens with zero attached hydrogens (tertiary/aromatic N) is 7. The average Bonchev–Trinajstić information content (AvgIpc) is 0.706. The maximum atomic E-state index is 13.9. The maximum absolute atomic E-state index is 13.9. The Hall–Kier alpha value is -3.79. The summed E-state index contributed by atoms with van der Waals surface area (Å²) >= 11 is 4.48. The van der Waals surface area contributed by atoms with E-state index in [1.165, 1.54) is 23.6 Å². The molecule has 16 rings (SSSR count). The molecule has 14 fully saturated rings. The number of ketones is 2. The fourth-order valence-corrected chi connectivity index (χ4v) is 34.4. The molecule has 6 heterocycles. The number of hydrogen-bond acceptors (Lipinski definition) is 33. The zero-order chi connectivity index (χ0) is 102. The summed E-state index contributed by atoms with van der Waals surface area (Å²) in [5.41, 5.74) is 4.07. The summed E-state index contributed by atoms with van der Waals surface area (Å²) in [5, 5.41) is 31.3. The van der Waals surface area contributed by atoms with Gasteiger partial charge in [-0.1, -0.05) is 68.2 Å². The number of aliphatic hydroxyl groups excluding tert-OH is 2. The third-order valence-corrected chi connectivity index (χ3v) is 42.2. The number of rotatable bonds is 61. The third-order valence-electron chi connectivity index (χ3n) is 35.5. The number of imidazole rings is 1. The summed E-state index contributed by atoms with van der Waals surface area (Å²) in [6.45, 7) is 16.3. The van der Waals surface area contributed by atoms with E-state index in [1.807, 2.05) is 0 Å². The molecule has 144 heavy (non-hydrogen) atoms. The number of nitrogens with one attached hydrogen (secondary N) is 4.